The van der Waals surface area contributed by atoms with Crippen molar-refractivity contribution in [2.75, 3.05) is 6.61 Å². The molecule has 0 aliphatic carbocycles. The van der Waals surface area contributed by atoms with E-state index >= 15 is 0 Å². The molecule has 17 heavy (non-hydrogen) atoms. The van der Waals surface area contributed by atoms with Crippen molar-refractivity contribution in [1.82, 2.24) is 5.32 Å². The van der Waals surface area contributed by atoms with Crippen molar-refractivity contribution in [1.29, 1.82) is 0 Å². The fourth-order valence-electron chi connectivity index (χ4n) is 1.35. The van der Waals surface area contributed by atoms with Crippen LogP contribution in [0.5, 0.6) is 0 Å². The zero-order valence-electron chi connectivity index (χ0n) is 9.88. The van der Waals surface area contributed by atoms with Crippen molar-refractivity contribution in [3.63, 3.8) is 0 Å². The molecule has 0 radical (unpaired) electrons. The molecule has 1 heterocycles. The Bertz CT molecular complexity index is 453. The van der Waals surface area contributed by atoms with Crippen LogP contribution in [0.1, 0.15) is 19.6 Å². The maximum atomic E-state index is 11.0. The summed E-state index contributed by atoms with van der Waals surface area (Å²) >= 11 is 0. The number of aliphatic hydroxyl groups excluding tert-OH is 1. The lowest BCUT2D eigenvalue weighted by atomic mass is 10.1. The number of hydrogen-bond acceptors (Lipinski definition) is 5. The first-order valence-electron chi connectivity index (χ1n) is 5.30. The molecule has 1 aromatic rings. The van der Waals surface area contributed by atoms with Crippen molar-refractivity contribution < 1.29 is 17.9 Å². The monoisotopic (exact) mass is 262 g/mol. The number of sulfonamides is 1. The van der Waals surface area contributed by atoms with Gasteiger partial charge in [0.15, 0.2) is 0 Å². The Morgan fingerprint density at radius 1 is 1.47 bits per heavy atom. The van der Waals surface area contributed by atoms with Gasteiger partial charge >= 0.3 is 0 Å². The smallest absolute Gasteiger partial charge is 0.271 e. The molecule has 1 atom stereocenters. The van der Waals surface area contributed by atoms with E-state index in [1.165, 1.54) is 6.07 Å². The Balaban J connectivity index is 2.62. The van der Waals surface area contributed by atoms with Gasteiger partial charge in [-0.15, -0.1) is 0 Å². The van der Waals surface area contributed by atoms with E-state index in [4.69, 9.17) is 14.7 Å². The van der Waals surface area contributed by atoms with Crippen LogP contribution in [-0.4, -0.2) is 26.2 Å². The van der Waals surface area contributed by atoms with Gasteiger partial charge in [0.25, 0.3) is 10.0 Å². The molecule has 4 N–H and O–H groups in total. The molecule has 1 aromatic heterocycles. The van der Waals surface area contributed by atoms with Crippen LogP contribution in [0.3, 0.4) is 0 Å². The Kier molecular flexibility index (Phi) is 4.70. The highest BCUT2D eigenvalue weighted by atomic mass is 32.2. The maximum Gasteiger partial charge on any atom is 0.271 e. The Morgan fingerprint density at radius 2 is 2.12 bits per heavy atom. The summed E-state index contributed by atoms with van der Waals surface area (Å²) in [6, 6.07) is 2.80. The standard InChI is InChI=1S/C10H18N2O4S/c1-7(2)9(6-13)12-5-8-3-4-10(16-8)17(11,14)15/h3-4,7,9,12-13H,5-6H2,1-2H3,(H2,11,14,15)/t9-/m1/s1. The van der Waals surface area contributed by atoms with Crippen molar-refractivity contribution in [2.45, 2.75) is 31.5 Å². The third kappa shape index (κ3) is 4.12. The molecule has 0 saturated carbocycles. The first-order valence-corrected chi connectivity index (χ1v) is 6.85. The van der Waals surface area contributed by atoms with Crippen molar-refractivity contribution >= 4 is 10.0 Å². The molecule has 0 aliphatic rings. The zero-order valence-corrected chi connectivity index (χ0v) is 10.7. The third-order valence-corrected chi connectivity index (χ3v) is 3.24. The van der Waals surface area contributed by atoms with Gasteiger partial charge < -0.3 is 14.8 Å². The lowest BCUT2D eigenvalue weighted by molar-refractivity contribution is 0.206. The molecule has 0 bridgehead atoms. The number of aliphatic hydroxyl groups is 1. The summed E-state index contributed by atoms with van der Waals surface area (Å²) in [5, 5.41) is 16.8. The number of nitrogens with one attached hydrogen (secondary N) is 1. The van der Waals surface area contributed by atoms with Crippen molar-refractivity contribution in [2.24, 2.45) is 11.1 Å². The van der Waals surface area contributed by atoms with Crippen molar-refractivity contribution in [3.05, 3.63) is 17.9 Å². The number of furan rings is 1. The van der Waals surface area contributed by atoms with E-state index in [9.17, 15) is 8.42 Å². The SMILES string of the molecule is CC(C)[C@@H](CO)NCc1ccc(S(N)(=O)=O)o1. The highest BCUT2D eigenvalue weighted by Gasteiger charge is 2.15. The van der Waals surface area contributed by atoms with Crippen LogP contribution in [-0.2, 0) is 16.6 Å². The molecule has 7 heteroatoms. The largest absolute Gasteiger partial charge is 0.447 e. The Morgan fingerprint density at radius 3 is 2.53 bits per heavy atom. The first-order chi connectivity index (χ1) is 7.84. The van der Waals surface area contributed by atoms with Crippen LogP contribution in [0.4, 0.5) is 0 Å². The lowest BCUT2D eigenvalue weighted by Crippen LogP contribution is -2.36. The normalized spacial score (nSPS) is 14.2. The van der Waals surface area contributed by atoms with Crippen LogP contribution in [0.15, 0.2) is 21.6 Å². The zero-order chi connectivity index (χ0) is 13.1. The van der Waals surface area contributed by atoms with Crippen LogP contribution in [0.25, 0.3) is 0 Å². The predicted molar refractivity (Wildman–Crippen MR) is 62.6 cm³/mol. The lowest BCUT2D eigenvalue weighted by Gasteiger charge is -2.18. The molecule has 6 nitrogen and oxygen atoms in total. The second-order valence-electron chi connectivity index (χ2n) is 4.18. The molecule has 0 amide bonds. The Labute approximate surface area is 101 Å². The van der Waals surface area contributed by atoms with E-state index in [1.807, 2.05) is 13.8 Å². The molecule has 0 spiro atoms. The molecule has 1 rings (SSSR count). The Hall–Kier alpha value is -0.890. The van der Waals surface area contributed by atoms with E-state index in [1.54, 1.807) is 6.07 Å². The average molecular weight is 262 g/mol. The summed E-state index contributed by atoms with van der Waals surface area (Å²) < 4.78 is 27.0. The molecule has 0 unspecified atom stereocenters. The first kappa shape index (κ1) is 14.2. The molecule has 98 valence electrons. The molecular formula is C10H18N2O4S. The fourth-order valence-corrected chi connectivity index (χ4v) is 1.83. The maximum absolute atomic E-state index is 11.0. The van der Waals surface area contributed by atoms with E-state index in [-0.39, 0.29) is 23.7 Å². The van der Waals surface area contributed by atoms with Crippen molar-refractivity contribution in [3.8, 4) is 0 Å². The van der Waals surface area contributed by atoms with Gasteiger partial charge in [0.1, 0.15) is 5.76 Å². The summed E-state index contributed by atoms with van der Waals surface area (Å²) in [7, 11) is -3.79. The number of rotatable bonds is 6. The predicted octanol–water partition coefficient (Wildman–Crippen LogP) is 0.0335. The van der Waals surface area contributed by atoms with Gasteiger partial charge in [-0.2, -0.15) is 0 Å². The average Bonchev–Trinajstić information content (AvgIpc) is 2.66. The van der Waals surface area contributed by atoms with Crippen LogP contribution >= 0.6 is 0 Å². The van der Waals surface area contributed by atoms with Gasteiger partial charge in [-0.25, -0.2) is 13.6 Å². The highest BCUT2D eigenvalue weighted by Crippen LogP contribution is 2.12. The minimum atomic E-state index is -3.79. The molecular weight excluding hydrogens is 244 g/mol. The van der Waals surface area contributed by atoms with E-state index in [2.05, 4.69) is 5.32 Å². The fraction of sp³-hybridized carbons (Fsp3) is 0.600. The van der Waals surface area contributed by atoms with Crippen LogP contribution in [0.2, 0.25) is 0 Å². The second kappa shape index (κ2) is 5.63. The minimum Gasteiger partial charge on any atom is -0.447 e. The summed E-state index contributed by atoms with van der Waals surface area (Å²) in [6.45, 7) is 4.32. The molecule has 0 aliphatic heterocycles. The van der Waals surface area contributed by atoms with Gasteiger partial charge in [0.2, 0.25) is 5.09 Å². The topological polar surface area (TPSA) is 106 Å². The van der Waals surface area contributed by atoms with Gasteiger partial charge in [-0.05, 0) is 18.1 Å². The summed E-state index contributed by atoms with van der Waals surface area (Å²) in [6.07, 6.45) is 0. The van der Waals surface area contributed by atoms with Gasteiger partial charge in [0.05, 0.1) is 13.2 Å². The highest BCUT2D eigenvalue weighted by molar-refractivity contribution is 7.89. The third-order valence-electron chi connectivity index (χ3n) is 2.46. The number of nitrogens with two attached hydrogens (primary N) is 1. The molecule has 0 aromatic carbocycles. The van der Waals surface area contributed by atoms with Gasteiger partial charge in [-0.1, -0.05) is 13.8 Å². The van der Waals surface area contributed by atoms with Gasteiger partial charge in [-0.3, -0.25) is 0 Å². The van der Waals surface area contributed by atoms with Gasteiger partial charge in [0, 0.05) is 6.04 Å². The number of primary sulfonamides is 1. The summed E-state index contributed by atoms with van der Waals surface area (Å²) in [5.74, 6) is 0.737. The van der Waals surface area contributed by atoms with Crippen LogP contribution < -0.4 is 10.5 Å². The molecule has 0 fully saturated rings. The number of hydrogen-bond donors (Lipinski definition) is 3. The molecule has 0 saturated heterocycles. The van der Waals surface area contributed by atoms with E-state index < -0.39 is 10.0 Å². The quantitative estimate of drug-likeness (QED) is 0.671. The van der Waals surface area contributed by atoms with E-state index in [0.29, 0.717) is 12.3 Å². The van der Waals surface area contributed by atoms with E-state index in [0.717, 1.165) is 0 Å². The van der Waals surface area contributed by atoms with Crippen LogP contribution in [0, 0.1) is 5.92 Å². The summed E-state index contributed by atoms with van der Waals surface area (Å²) in [5.41, 5.74) is 0. The second-order valence-corrected chi connectivity index (χ2v) is 5.67. The summed E-state index contributed by atoms with van der Waals surface area (Å²) in [4.78, 5) is 0. The minimum absolute atomic E-state index is 0.0143.